The van der Waals surface area contributed by atoms with Gasteiger partial charge in [0.1, 0.15) is 5.82 Å². The van der Waals surface area contributed by atoms with E-state index in [-0.39, 0.29) is 23.9 Å². The molecular weight excluding hydrogens is 431 g/mol. The van der Waals surface area contributed by atoms with Gasteiger partial charge in [-0.25, -0.2) is 4.39 Å². The first-order chi connectivity index (χ1) is 16.3. The van der Waals surface area contributed by atoms with Crippen LogP contribution in [0.5, 0.6) is 0 Å². The molecule has 0 spiro atoms. The first-order valence-electron chi connectivity index (χ1n) is 11.2. The average molecular weight is 459 g/mol. The topological polar surface area (TPSA) is 86.9 Å². The molecule has 0 saturated carbocycles. The number of nitrogens with one attached hydrogen (secondary N) is 3. The van der Waals surface area contributed by atoms with Gasteiger partial charge in [0.05, 0.1) is 29.1 Å². The monoisotopic (exact) mass is 458 g/mol. The average Bonchev–Trinajstić information content (AvgIpc) is 3.32. The fourth-order valence-electron chi connectivity index (χ4n) is 4.03. The van der Waals surface area contributed by atoms with Gasteiger partial charge in [-0.15, -0.1) is 0 Å². The Bertz CT molecular complexity index is 1330. The summed E-state index contributed by atoms with van der Waals surface area (Å²) in [6, 6.07) is 17.8. The van der Waals surface area contributed by atoms with Crippen LogP contribution in [0.15, 0.2) is 66.9 Å². The summed E-state index contributed by atoms with van der Waals surface area (Å²) in [5, 5.41) is 14.8. The molecule has 1 heterocycles. The van der Waals surface area contributed by atoms with Gasteiger partial charge in [-0.2, -0.15) is 5.10 Å². The van der Waals surface area contributed by atoms with Gasteiger partial charge < -0.3 is 10.6 Å². The number of fused-ring (bicyclic) bond motifs is 1. The smallest absolute Gasteiger partial charge is 0.255 e. The molecule has 1 unspecified atom stereocenters. The second-order valence-corrected chi connectivity index (χ2v) is 8.63. The molecule has 2 amide bonds. The van der Waals surface area contributed by atoms with Gasteiger partial charge in [-0.1, -0.05) is 62.4 Å². The summed E-state index contributed by atoms with van der Waals surface area (Å²) in [4.78, 5) is 26.0. The third-order valence-corrected chi connectivity index (χ3v) is 5.89. The molecule has 0 aliphatic heterocycles. The molecule has 0 saturated heterocycles. The van der Waals surface area contributed by atoms with Crippen molar-refractivity contribution in [1.82, 2.24) is 20.8 Å². The zero-order chi connectivity index (χ0) is 24.2. The van der Waals surface area contributed by atoms with E-state index in [1.807, 2.05) is 56.3 Å². The van der Waals surface area contributed by atoms with Gasteiger partial charge in [-0.3, -0.25) is 14.7 Å². The van der Waals surface area contributed by atoms with E-state index in [0.717, 1.165) is 22.0 Å². The number of benzene rings is 3. The van der Waals surface area contributed by atoms with Crippen LogP contribution >= 0.6 is 0 Å². The number of halogens is 1. The molecule has 0 bridgehead atoms. The van der Waals surface area contributed by atoms with Gasteiger partial charge in [-0.05, 0) is 46.9 Å². The summed E-state index contributed by atoms with van der Waals surface area (Å²) >= 11 is 0. The Morgan fingerprint density at radius 3 is 2.50 bits per heavy atom. The van der Waals surface area contributed by atoms with Gasteiger partial charge in [0.15, 0.2) is 0 Å². The van der Waals surface area contributed by atoms with E-state index in [9.17, 15) is 14.0 Å². The van der Waals surface area contributed by atoms with Crippen LogP contribution in [-0.4, -0.2) is 28.6 Å². The Labute approximate surface area is 197 Å². The number of nitrogens with zero attached hydrogens (tertiary/aromatic N) is 1. The number of aromatic amines is 1. The maximum absolute atomic E-state index is 14.3. The van der Waals surface area contributed by atoms with Gasteiger partial charge in [0.2, 0.25) is 0 Å². The predicted molar refractivity (Wildman–Crippen MR) is 130 cm³/mol. The molecule has 3 aromatic carbocycles. The van der Waals surface area contributed by atoms with Crippen LogP contribution < -0.4 is 10.6 Å². The molecule has 0 aliphatic rings. The zero-order valence-corrected chi connectivity index (χ0v) is 19.4. The molecular formula is C27H27FN4O2. The van der Waals surface area contributed by atoms with E-state index in [1.165, 1.54) is 12.3 Å². The highest BCUT2D eigenvalue weighted by molar-refractivity contribution is 5.97. The number of amides is 2. The number of aryl methyl sites for hydroxylation is 1. The van der Waals surface area contributed by atoms with Crippen molar-refractivity contribution in [2.24, 2.45) is 0 Å². The highest BCUT2D eigenvalue weighted by Crippen LogP contribution is 2.22. The largest absolute Gasteiger partial charge is 0.350 e. The Morgan fingerprint density at radius 2 is 1.76 bits per heavy atom. The number of aromatic nitrogens is 2. The highest BCUT2D eigenvalue weighted by Gasteiger charge is 2.22. The number of carbonyl (C=O) groups excluding carboxylic acids is 2. The van der Waals surface area contributed by atoms with Crippen molar-refractivity contribution in [3.05, 3.63) is 101 Å². The number of hydrogen-bond donors (Lipinski definition) is 3. The fraction of sp³-hybridized carbons (Fsp3) is 0.222. The maximum Gasteiger partial charge on any atom is 0.255 e. The Hall–Kier alpha value is -4.00. The molecule has 0 fully saturated rings. The lowest BCUT2D eigenvalue weighted by molar-refractivity contribution is 0.0905. The number of H-pyrrole nitrogens is 1. The third-order valence-electron chi connectivity index (χ3n) is 5.89. The Morgan fingerprint density at radius 1 is 1.00 bits per heavy atom. The van der Waals surface area contributed by atoms with Gasteiger partial charge in [0.25, 0.3) is 11.8 Å². The first-order valence-corrected chi connectivity index (χ1v) is 11.2. The van der Waals surface area contributed by atoms with Crippen LogP contribution in [0.3, 0.4) is 0 Å². The molecule has 174 valence electrons. The standard InChI is InChI=1S/C27H27FN4O2/c1-16(2)25-21(14-30-32-25)26(33)31-23(20-12-11-18-8-4-5-9-19(18)13-20)15-29-27(34)24-17(3)7-6-10-22(24)28/h4-14,16,23H,15H2,1-3H3,(H,29,34)(H,30,32)(H,31,33). The molecule has 4 aromatic rings. The van der Waals surface area contributed by atoms with Gasteiger partial charge in [0, 0.05) is 6.54 Å². The molecule has 7 heteroatoms. The molecule has 34 heavy (non-hydrogen) atoms. The van der Waals surface area contributed by atoms with E-state index < -0.39 is 17.8 Å². The maximum atomic E-state index is 14.3. The molecule has 1 aromatic heterocycles. The van der Waals surface area contributed by atoms with Crippen molar-refractivity contribution in [3.63, 3.8) is 0 Å². The predicted octanol–water partition coefficient (Wildman–Crippen LogP) is 5.03. The summed E-state index contributed by atoms with van der Waals surface area (Å²) in [5.74, 6) is -1.32. The van der Waals surface area contributed by atoms with Gasteiger partial charge >= 0.3 is 0 Å². The molecule has 0 aliphatic carbocycles. The van der Waals surface area contributed by atoms with Crippen molar-refractivity contribution in [3.8, 4) is 0 Å². The minimum absolute atomic E-state index is 0.00279. The van der Waals surface area contributed by atoms with E-state index in [2.05, 4.69) is 20.8 Å². The second kappa shape index (κ2) is 9.87. The lowest BCUT2D eigenvalue weighted by Gasteiger charge is -2.21. The molecule has 4 rings (SSSR count). The summed E-state index contributed by atoms with van der Waals surface area (Å²) in [5.41, 5.74) is 2.57. The van der Waals surface area contributed by atoms with Crippen LogP contribution in [0.25, 0.3) is 10.8 Å². The minimum Gasteiger partial charge on any atom is -0.350 e. The van der Waals surface area contributed by atoms with Crippen molar-refractivity contribution in [2.45, 2.75) is 32.7 Å². The van der Waals surface area contributed by atoms with E-state index in [0.29, 0.717) is 11.1 Å². The molecule has 6 nitrogen and oxygen atoms in total. The number of rotatable bonds is 7. The SMILES string of the molecule is Cc1cccc(F)c1C(=O)NCC(NC(=O)c1cn[nH]c1C(C)C)c1ccc2ccccc2c1. The van der Waals surface area contributed by atoms with E-state index in [4.69, 9.17) is 0 Å². The lowest BCUT2D eigenvalue weighted by Crippen LogP contribution is -2.38. The first kappa shape index (κ1) is 23.2. The second-order valence-electron chi connectivity index (χ2n) is 8.63. The van der Waals surface area contributed by atoms with Crippen molar-refractivity contribution >= 4 is 22.6 Å². The van der Waals surface area contributed by atoms with Crippen LogP contribution in [0.4, 0.5) is 4.39 Å². The van der Waals surface area contributed by atoms with Crippen molar-refractivity contribution < 1.29 is 14.0 Å². The molecule has 3 N–H and O–H groups in total. The number of carbonyl (C=O) groups is 2. The summed E-state index contributed by atoms with van der Waals surface area (Å²) < 4.78 is 14.3. The Balaban J connectivity index is 1.62. The summed E-state index contributed by atoms with van der Waals surface area (Å²) in [6.07, 6.45) is 1.50. The number of hydrogen-bond acceptors (Lipinski definition) is 3. The lowest BCUT2D eigenvalue weighted by atomic mass is 10.0. The molecule has 0 radical (unpaired) electrons. The summed E-state index contributed by atoms with van der Waals surface area (Å²) in [7, 11) is 0. The third kappa shape index (κ3) is 4.83. The van der Waals surface area contributed by atoms with E-state index >= 15 is 0 Å². The van der Waals surface area contributed by atoms with Crippen LogP contribution in [0.1, 0.15) is 63.3 Å². The van der Waals surface area contributed by atoms with Crippen LogP contribution in [0.2, 0.25) is 0 Å². The normalized spacial score (nSPS) is 12.0. The Kier molecular flexibility index (Phi) is 6.72. The van der Waals surface area contributed by atoms with E-state index in [1.54, 1.807) is 19.1 Å². The van der Waals surface area contributed by atoms with Crippen LogP contribution in [-0.2, 0) is 0 Å². The summed E-state index contributed by atoms with van der Waals surface area (Å²) in [6.45, 7) is 5.72. The molecule has 1 atom stereocenters. The quantitative estimate of drug-likeness (QED) is 0.363. The minimum atomic E-state index is -0.580. The van der Waals surface area contributed by atoms with Crippen molar-refractivity contribution in [1.29, 1.82) is 0 Å². The zero-order valence-electron chi connectivity index (χ0n) is 19.4. The van der Waals surface area contributed by atoms with Crippen LogP contribution in [0, 0.1) is 12.7 Å². The fourth-order valence-corrected chi connectivity index (χ4v) is 4.03. The highest BCUT2D eigenvalue weighted by atomic mass is 19.1. The van der Waals surface area contributed by atoms with Crippen molar-refractivity contribution in [2.75, 3.05) is 6.54 Å².